The maximum atomic E-state index is 12.7. The molecule has 1 aliphatic rings. The second-order valence-corrected chi connectivity index (χ2v) is 5.43. The summed E-state index contributed by atoms with van der Waals surface area (Å²) in [4.78, 5) is 12.7. The molecule has 0 saturated heterocycles. The average Bonchev–Trinajstić information content (AvgIpc) is 2.91. The molecule has 0 aromatic heterocycles. The summed E-state index contributed by atoms with van der Waals surface area (Å²) >= 11 is 0. The van der Waals surface area contributed by atoms with Gasteiger partial charge in [-0.3, -0.25) is 4.79 Å². The van der Waals surface area contributed by atoms with Gasteiger partial charge in [0.15, 0.2) is 11.5 Å². The third-order valence-electron chi connectivity index (χ3n) is 3.91. The molecule has 25 heavy (non-hydrogen) atoms. The van der Waals surface area contributed by atoms with Crippen LogP contribution >= 0.6 is 0 Å². The van der Waals surface area contributed by atoms with Crippen LogP contribution in [0, 0.1) is 0 Å². The molecule has 1 aliphatic heterocycles. The molecule has 0 radical (unpaired) electrons. The lowest BCUT2D eigenvalue weighted by molar-refractivity contribution is -0.114. The van der Waals surface area contributed by atoms with Crippen molar-refractivity contribution in [2.75, 3.05) is 19.2 Å². The molecule has 1 amide bonds. The van der Waals surface area contributed by atoms with E-state index in [0.717, 1.165) is 0 Å². The zero-order valence-corrected chi connectivity index (χ0v) is 14.2. The van der Waals surface area contributed by atoms with E-state index in [0.29, 0.717) is 28.3 Å². The second kappa shape index (κ2) is 6.68. The number of hydrogen-bond acceptors (Lipinski definition) is 5. The maximum absolute atomic E-state index is 12.7. The van der Waals surface area contributed by atoms with Crippen LogP contribution < -0.4 is 14.5 Å². The average molecular weight is 338 g/mol. The number of phenols is 1. The summed E-state index contributed by atoms with van der Waals surface area (Å²) in [6.45, 7) is 1.77. The highest BCUT2D eigenvalue weighted by molar-refractivity contribution is 6.32. The number of amides is 1. The van der Waals surface area contributed by atoms with E-state index in [1.807, 2.05) is 30.3 Å². The van der Waals surface area contributed by atoms with Gasteiger partial charge in [-0.05, 0) is 37.3 Å². The Kier molecular flexibility index (Phi) is 4.43. The lowest BCUT2D eigenvalue weighted by atomic mass is 10.1. The van der Waals surface area contributed by atoms with Gasteiger partial charge in [-0.25, -0.2) is 0 Å². The first-order valence-electron chi connectivity index (χ1n) is 7.67. The second-order valence-electron chi connectivity index (χ2n) is 5.43. The minimum absolute atomic E-state index is 0.112. The summed E-state index contributed by atoms with van der Waals surface area (Å²) in [5.74, 6) is 0.194. The molecule has 3 rings (SSSR count). The molecule has 0 unspecified atom stereocenters. The number of carbonyl (C=O) groups excluding carboxylic acids is 1. The highest BCUT2D eigenvalue weighted by atomic mass is 16.5. The van der Waals surface area contributed by atoms with Gasteiger partial charge in [-0.15, -0.1) is 0 Å². The highest BCUT2D eigenvalue weighted by Gasteiger charge is 2.29. The van der Waals surface area contributed by atoms with E-state index >= 15 is 0 Å². The van der Waals surface area contributed by atoms with Gasteiger partial charge < -0.3 is 14.6 Å². The minimum Gasteiger partial charge on any atom is -0.502 e. The van der Waals surface area contributed by atoms with E-state index in [2.05, 4.69) is 5.10 Å². The molecule has 0 spiro atoms. The van der Waals surface area contributed by atoms with Crippen molar-refractivity contribution in [1.29, 1.82) is 0 Å². The first-order chi connectivity index (χ1) is 12.1. The van der Waals surface area contributed by atoms with Gasteiger partial charge in [0.25, 0.3) is 5.91 Å². The molecular weight excluding hydrogens is 320 g/mol. The summed E-state index contributed by atoms with van der Waals surface area (Å²) in [6.07, 6.45) is 1.65. The molecule has 6 nitrogen and oxygen atoms in total. The number of hydrazone groups is 1. The Morgan fingerprint density at radius 3 is 2.44 bits per heavy atom. The Morgan fingerprint density at radius 2 is 1.80 bits per heavy atom. The SMILES string of the molecule is COc1ccc(/C=C2\C(=O)N(c3ccccc3)N=C2C)c(OC)c1O. The molecule has 2 aromatic carbocycles. The van der Waals surface area contributed by atoms with Gasteiger partial charge in [0.1, 0.15) is 0 Å². The number of ether oxygens (including phenoxy) is 2. The van der Waals surface area contributed by atoms with Gasteiger partial charge >= 0.3 is 0 Å². The maximum Gasteiger partial charge on any atom is 0.280 e. The Bertz CT molecular complexity index is 872. The summed E-state index contributed by atoms with van der Waals surface area (Å²) in [7, 11) is 2.91. The van der Waals surface area contributed by atoms with Crippen molar-refractivity contribution < 1.29 is 19.4 Å². The van der Waals surface area contributed by atoms with E-state index in [4.69, 9.17) is 9.47 Å². The van der Waals surface area contributed by atoms with E-state index in [1.54, 1.807) is 25.1 Å². The molecular formula is C19H18N2O4. The third kappa shape index (κ3) is 2.94. The fraction of sp³-hybridized carbons (Fsp3) is 0.158. The molecule has 6 heteroatoms. The zero-order chi connectivity index (χ0) is 18.0. The smallest absolute Gasteiger partial charge is 0.280 e. The van der Waals surface area contributed by atoms with E-state index in [1.165, 1.54) is 19.2 Å². The van der Waals surface area contributed by atoms with Gasteiger partial charge in [0.05, 0.1) is 31.2 Å². The first kappa shape index (κ1) is 16.6. The number of aromatic hydroxyl groups is 1. The Labute approximate surface area is 145 Å². The quantitative estimate of drug-likeness (QED) is 0.869. The topological polar surface area (TPSA) is 71.4 Å². The Hall–Kier alpha value is -3.28. The normalized spacial score (nSPS) is 15.5. The van der Waals surface area contributed by atoms with Crippen LogP contribution in [-0.2, 0) is 4.79 Å². The summed E-state index contributed by atoms with van der Waals surface area (Å²) < 4.78 is 10.4. The number of methoxy groups -OCH3 is 2. The van der Waals surface area contributed by atoms with Crippen LogP contribution in [0.1, 0.15) is 12.5 Å². The summed E-state index contributed by atoms with van der Waals surface area (Å²) in [6, 6.07) is 12.5. The first-order valence-corrected chi connectivity index (χ1v) is 7.67. The molecule has 1 heterocycles. The summed E-state index contributed by atoms with van der Waals surface area (Å²) in [5, 5.41) is 15.9. The molecule has 0 saturated carbocycles. The van der Waals surface area contributed by atoms with Gasteiger partial charge in [-0.1, -0.05) is 18.2 Å². The number of hydrogen-bond donors (Lipinski definition) is 1. The monoisotopic (exact) mass is 338 g/mol. The Morgan fingerprint density at radius 1 is 1.08 bits per heavy atom. The fourth-order valence-corrected chi connectivity index (χ4v) is 2.65. The molecule has 128 valence electrons. The van der Waals surface area contributed by atoms with Crippen LogP contribution in [0.25, 0.3) is 6.08 Å². The number of rotatable bonds is 4. The molecule has 0 atom stereocenters. The van der Waals surface area contributed by atoms with E-state index in [9.17, 15) is 9.90 Å². The number of para-hydroxylation sites is 1. The van der Waals surface area contributed by atoms with Gasteiger partial charge in [0.2, 0.25) is 5.75 Å². The molecule has 2 aromatic rings. The largest absolute Gasteiger partial charge is 0.502 e. The highest BCUT2D eigenvalue weighted by Crippen LogP contribution is 2.40. The zero-order valence-electron chi connectivity index (χ0n) is 14.2. The van der Waals surface area contributed by atoms with Crippen molar-refractivity contribution in [1.82, 2.24) is 0 Å². The van der Waals surface area contributed by atoms with Crippen molar-refractivity contribution in [3.05, 3.63) is 53.6 Å². The van der Waals surface area contributed by atoms with Gasteiger partial charge in [0, 0.05) is 5.56 Å². The van der Waals surface area contributed by atoms with Crippen LogP contribution in [0.3, 0.4) is 0 Å². The van der Waals surface area contributed by atoms with Crippen LogP contribution in [0.2, 0.25) is 0 Å². The number of phenolic OH excluding ortho intramolecular Hbond substituents is 1. The van der Waals surface area contributed by atoms with Crippen molar-refractivity contribution >= 4 is 23.4 Å². The van der Waals surface area contributed by atoms with Crippen LogP contribution in [0.4, 0.5) is 5.69 Å². The van der Waals surface area contributed by atoms with Crippen LogP contribution in [0.15, 0.2) is 53.1 Å². The lowest BCUT2D eigenvalue weighted by Gasteiger charge is -2.12. The molecule has 0 aliphatic carbocycles. The predicted molar refractivity (Wildman–Crippen MR) is 96.2 cm³/mol. The lowest BCUT2D eigenvalue weighted by Crippen LogP contribution is -2.21. The minimum atomic E-state index is -0.235. The number of carbonyl (C=O) groups is 1. The molecule has 0 fully saturated rings. The van der Waals surface area contributed by atoms with Crippen molar-refractivity contribution in [2.45, 2.75) is 6.92 Å². The predicted octanol–water partition coefficient (Wildman–Crippen LogP) is 3.22. The Balaban J connectivity index is 2.02. The van der Waals surface area contributed by atoms with Crippen molar-refractivity contribution in [3.63, 3.8) is 0 Å². The van der Waals surface area contributed by atoms with E-state index in [-0.39, 0.29) is 17.4 Å². The van der Waals surface area contributed by atoms with Crippen LogP contribution in [0.5, 0.6) is 17.2 Å². The van der Waals surface area contributed by atoms with Crippen molar-refractivity contribution in [2.24, 2.45) is 5.10 Å². The molecule has 1 N–H and O–H groups in total. The number of benzene rings is 2. The third-order valence-corrected chi connectivity index (χ3v) is 3.91. The van der Waals surface area contributed by atoms with Crippen molar-refractivity contribution in [3.8, 4) is 17.2 Å². The van der Waals surface area contributed by atoms with Gasteiger partial charge in [-0.2, -0.15) is 10.1 Å². The fourth-order valence-electron chi connectivity index (χ4n) is 2.65. The number of nitrogens with zero attached hydrogens (tertiary/aromatic N) is 2. The van der Waals surface area contributed by atoms with E-state index < -0.39 is 0 Å². The number of anilines is 1. The van der Waals surface area contributed by atoms with Crippen LogP contribution in [-0.4, -0.2) is 30.9 Å². The summed E-state index contributed by atoms with van der Waals surface area (Å²) in [5.41, 5.74) is 2.28. The molecule has 0 bridgehead atoms. The standard InChI is InChI=1S/C19H18N2O4/c1-12-15(19(23)21(20-12)14-7-5-4-6-8-14)11-13-9-10-16(24-2)17(22)18(13)25-3/h4-11,22H,1-3H3/b15-11-.